The second kappa shape index (κ2) is 5.01. The molecule has 0 spiro atoms. The van der Waals surface area contributed by atoms with Crippen molar-refractivity contribution in [3.63, 3.8) is 0 Å². The van der Waals surface area contributed by atoms with Crippen molar-refractivity contribution in [2.75, 3.05) is 25.5 Å². The first kappa shape index (κ1) is 12.3. The number of aromatic nitrogens is 1. The Hall–Kier alpha value is -1.14. The maximum atomic E-state index is 12.1. The minimum Gasteiger partial charge on any atom is -0.391 e. The number of anilines is 1. The van der Waals surface area contributed by atoms with E-state index < -0.39 is 6.10 Å². The van der Waals surface area contributed by atoms with Crippen molar-refractivity contribution in [1.29, 1.82) is 0 Å². The van der Waals surface area contributed by atoms with Crippen LogP contribution in [0.1, 0.15) is 23.8 Å². The van der Waals surface area contributed by atoms with E-state index in [1.807, 2.05) is 6.92 Å². The van der Waals surface area contributed by atoms with Crippen LogP contribution in [0.5, 0.6) is 0 Å². The summed E-state index contributed by atoms with van der Waals surface area (Å²) >= 11 is 1.41. The van der Waals surface area contributed by atoms with E-state index in [1.165, 1.54) is 11.3 Å². The number of nitrogens with zero attached hydrogens (tertiary/aromatic N) is 2. The predicted octanol–water partition coefficient (Wildman–Crippen LogP) is 1.03. The fourth-order valence-electron chi connectivity index (χ4n) is 1.88. The van der Waals surface area contributed by atoms with Crippen molar-refractivity contribution in [1.82, 2.24) is 9.88 Å². The SMILES string of the molecule is CNc1nc(C(=O)N2CCC(C)C(O)C2)cs1. The largest absolute Gasteiger partial charge is 0.391 e. The Morgan fingerprint density at radius 2 is 2.47 bits per heavy atom. The second-order valence-corrected chi connectivity index (χ2v) is 5.23. The minimum absolute atomic E-state index is 0.0892. The molecular weight excluding hydrogens is 238 g/mol. The van der Waals surface area contributed by atoms with E-state index >= 15 is 0 Å². The van der Waals surface area contributed by atoms with Gasteiger partial charge in [-0.2, -0.15) is 0 Å². The zero-order chi connectivity index (χ0) is 12.4. The fraction of sp³-hybridized carbons (Fsp3) is 0.636. The molecule has 2 heterocycles. The molecule has 6 heteroatoms. The number of hydrogen-bond donors (Lipinski definition) is 2. The molecular formula is C11H17N3O2S. The molecule has 2 N–H and O–H groups in total. The summed E-state index contributed by atoms with van der Waals surface area (Å²) in [4.78, 5) is 18.0. The number of aliphatic hydroxyl groups is 1. The van der Waals surface area contributed by atoms with Crippen molar-refractivity contribution < 1.29 is 9.90 Å². The first-order valence-corrected chi connectivity index (χ1v) is 6.60. The van der Waals surface area contributed by atoms with Gasteiger partial charge in [-0.15, -0.1) is 11.3 Å². The van der Waals surface area contributed by atoms with Crippen LogP contribution < -0.4 is 5.32 Å². The third kappa shape index (κ3) is 2.58. The Morgan fingerprint density at radius 1 is 1.71 bits per heavy atom. The van der Waals surface area contributed by atoms with E-state index in [9.17, 15) is 9.90 Å². The predicted molar refractivity (Wildman–Crippen MR) is 67.4 cm³/mol. The highest BCUT2D eigenvalue weighted by Crippen LogP contribution is 2.21. The van der Waals surface area contributed by atoms with Crippen molar-refractivity contribution in [3.8, 4) is 0 Å². The van der Waals surface area contributed by atoms with Crippen LogP contribution in [0.25, 0.3) is 0 Å². The van der Waals surface area contributed by atoms with Crippen LogP contribution in [0.3, 0.4) is 0 Å². The highest BCUT2D eigenvalue weighted by atomic mass is 32.1. The second-order valence-electron chi connectivity index (χ2n) is 4.37. The van der Waals surface area contributed by atoms with E-state index in [4.69, 9.17) is 0 Å². The number of β-amino-alcohol motifs (C(OH)–C–C–N with tert-alkyl or cyclic N) is 1. The average molecular weight is 255 g/mol. The van der Waals surface area contributed by atoms with Gasteiger partial charge in [-0.25, -0.2) is 4.98 Å². The zero-order valence-corrected chi connectivity index (χ0v) is 10.8. The number of likely N-dealkylation sites (tertiary alicyclic amines) is 1. The Balaban J connectivity index is 2.05. The van der Waals surface area contributed by atoms with Gasteiger partial charge in [-0.05, 0) is 12.3 Å². The van der Waals surface area contributed by atoms with Crippen LogP contribution >= 0.6 is 11.3 Å². The van der Waals surface area contributed by atoms with Crippen molar-refractivity contribution >= 4 is 22.4 Å². The lowest BCUT2D eigenvalue weighted by Crippen LogP contribution is -2.45. The van der Waals surface area contributed by atoms with Gasteiger partial charge in [0.25, 0.3) is 5.91 Å². The molecule has 0 aromatic carbocycles. The van der Waals surface area contributed by atoms with Gasteiger partial charge in [-0.3, -0.25) is 4.79 Å². The van der Waals surface area contributed by atoms with Crippen molar-refractivity contribution in [3.05, 3.63) is 11.1 Å². The van der Waals surface area contributed by atoms with E-state index in [-0.39, 0.29) is 11.8 Å². The number of amides is 1. The van der Waals surface area contributed by atoms with Crippen LogP contribution in [0.4, 0.5) is 5.13 Å². The molecule has 0 aliphatic carbocycles. The summed E-state index contributed by atoms with van der Waals surface area (Å²) in [5, 5.41) is 15.2. The van der Waals surface area contributed by atoms with E-state index in [1.54, 1.807) is 17.3 Å². The van der Waals surface area contributed by atoms with E-state index in [0.717, 1.165) is 11.6 Å². The maximum Gasteiger partial charge on any atom is 0.273 e. The molecule has 1 aliphatic rings. The summed E-state index contributed by atoms with van der Waals surface area (Å²) in [6.07, 6.45) is 0.422. The van der Waals surface area contributed by atoms with Gasteiger partial charge in [0.1, 0.15) is 5.69 Å². The molecule has 0 bridgehead atoms. The Bertz CT molecular complexity index is 407. The summed E-state index contributed by atoms with van der Waals surface area (Å²) in [6, 6.07) is 0. The molecule has 1 saturated heterocycles. The summed E-state index contributed by atoms with van der Waals surface area (Å²) in [5.41, 5.74) is 0.459. The average Bonchev–Trinajstić information content (AvgIpc) is 2.80. The lowest BCUT2D eigenvalue weighted by Gasteiger charge is -2.33. The third-order valence-corrected chi connectivity index (χ3v) is 4.00. The van der Waals surface area contributed by atoms with Gasteiger partial charge in [0.05, 0.1) is 6.10 Å². The van der Waals surface area contributed by atoms with Crippen LogP contribution in [0, 0.1) is 5.92 Å². The molecule has 1 aliphatic heterocycles. The molecule has 2 atom stereocenters. The summed E-state index contributed by atoms with van der Waals surface area (Å²) in [6.45, 7) is 3.12. The molecule has 0 radical (unpaired) electrons. The van der Waals surface area contributed by atoms with Crippen LogP contribution in [-0.4, -0.2) is 47.1 Å². The normalized spacial score (nSPS) is 24.8. The lowest BCUT2D eigenvalue weighted by molar-refractivity contribution is 0.0246. The standard InChI is InChI=1S/C11H17N3O2S/c1-7-3-4-14(5-9(7)15)10(16)8-6-17-11(12-2)13-8/h6-7,9,15H,3-5H2,1-2H3,(H,12,13). The molecule has 1 amide bonds. The Kier molecular flexibility index (Phi) is 3.63. The van der Waals surface area contributed by atoms with Gasteiger partial charge in [0.2, 0.25) is 0 Å². The van der Waals surface area contributed by atoms with Crippen LogP contribution in [0.15, 0.2) is 5.38 Å². The topological polar surface area (TPSA) is 65.5 Å². The van der Waals surface area contributed by atoms with Gasteiger partial charge in [0.15, 0.2) is 5.13 Å². The number of carbonyl (C=O) groups excluding carboxylic acids is 1. The zero-order valence-electron chi connectivity index (χ0n) is 10.0. The molecule has 2 unspecified atom stereocenters. The molecule has 1 aromatic rings. The summed E-state index contributed by atoms with van der Waals surface area (Å²) in [7, 11) is 1.78. The first-order chi connectivity index (χ1) is 8.11. The number of aliphatic hydroxyl groups excluding tert-OH is 1. The summed E-state index contributed by atoms with van der Waals surface area (Å²) in [5.74, 6) is 0.177. The molecule has 5 nitrogen and oxygen atoms in total. The van der Waals surface area contributed by atoms with Crippen LogP contribution in [0.2, 0.25) is 0 Å². The van der Waals surface area contributed by atoms with Gasteiger partial charge in [0, 0.05) is 25.5 Å². The number of carbonyl (C=O) groups is 1. The number of hydrogen-bond acceptors (Lipinski definition) is 5. The molecule has 2 rings (SSSR count). The maximum absolute atomic E-state index is 12.1. The quantitative estimate of drug-likeness (QED) is 0.828. The first-order valence-electron chi connectivity index (χ1n) is 5.72. The molecule has 0 saturated carbocycles. The molecule has 94 valence electrons. The smallest absolute Gasteiger partial charge is 0.273 e. The number of rotatable bonds is 2. The third-order valence-electron chi connectivity index (χ3n) is 3.14. The highest BCUT2D eigenvalue weighted by molar-refractivity contribution is 7.13. The number of nitrogens with one attached hydrogen (secondary N) is 1. The lowest BCUT2D eigenvalue weighted by atomic mass is 9.96. The van der Waals surface area contributed by atoms with E-state index in [0.29, 0.717) is 18.8 Å². The highest BCUT2D eigenvalue weighted by Gasteiger charge is 2.28. The fourth-order valence-corrected chi connectivity index (χ4v) is 2.53. The Labute approximate surface area is 104 Å². The van der Waals surface area contributed by atoms with Gasteiger partial charge in [-0.1, -0.05) is 6.92 Å². The summed E-state index contributed by atoms with van der Waals surface area (Å²) < 4.78 is 0. The molecule has 1 fully saturated rings. The van der Waals surface area contributed by atoms with Gasteiger partial charge < -0.3 is 15.3 Å². The number of piperidine rings is 1. The van der Waals surface area contributed by atoms with Crippen molar-refractivity contribution in [2.24, 2.45) is 5.92 Å². The number of thiazole rings is 1. The van der Waals surface area contributed by atoms with E-state index in [2.05, 4.69) is 10.3 Å². The monoisotopic (exact) mass is 255 g/mol. The Morgan fingerprint density at radius 3 is 3.06 bits per heavy atom. The minimum atomic E-state index is -0.421. The van der Waals surface area contributed by atoms with Gasteiger partial charge >= 0.3 is 0 Å². The van der Waals surface area contributed by atoms with Crippen molar-refractivity contribution in [2.45, 2.75) is 19.4 Å². The molecule has 17 heavy (non-hydrogen) atoms. The molecule has 1 aromatic heterocycles. The van der Waals surface area contributed by atoms with Crippen LogP contribution in [-0.2, 0) is 0 Å².